The van der Waals surface area contributed by atoms with Crippen molar-refractivity contribution < 1.29 is 15.4 Å². The number of carbonyl (C=O) groups excluding carboxylic acids is 1. The van der Waals surface area contributed by atoms with Crippen molar-refractivity contribution in [3.63, 3.8) is 0 Å². The van der Waals surface area contributed by atoms with Gasteiger partial charge >= 0.3 is 0 Å². The topological polar surface area (TPSA) is 40.5 Å². The third kappa shape index (κ3) is 2.01. The first-order valence-electron chi connectivity index (χ1n) is 6.49. The van der Waals surface area contributed by atoms with Crippen LogP contribution in [0, 0.1) is 0 Å². The number of rotatable bonds is 1. The second kappa shape index (κ2) is 3.77. The Balaban J connectivity index is 2.52. The maximum atomic E-state index is 12.1. The summed E-state index contributed by atoms with van der Waals surface area (Å²) in [5.41, 5.74) is 0.506. The van der Waals surface area contributed by atoms with Crippen LogP contribution in [0.5, 0.6) is 5.75 Å². The molecule has 78 valence electrons. The van der Waals surface area contributed by atoms with Gasteiger partial charge in [-0.2, -0.15) is 0 Å². The molecule has 15 heavy (non-hydrogen) atoms. The van der Waals surface area contributed by atoms with Crippen molar-refractivity contribution >= 4 is 11.6 Å². The van der Waals surface area contributed by atoms with E-state index < -0.39 is 18.7 Å². The van der Waals surface area contributed by atoms with Crippen molar-refractivity contribution in [3.8, 4) is 5.75 Å². The van der Waals surface area contributed by atoms with Gasteiger partial charge in [0.1, 0.15) is 5.75 Å². The fourth-order valence-corrected chi connectivity index (χ4v) is 1.30. The van der Waals surface area contributed by atoms with E-state index in [1.165, 1.54) is 37.4 Å². The molecule has 3 heteroatoms. The van der Waals surface area contributed by atoms with E-state index in [4.69, 9.17) is 5.48 Å². The van der Waals surface area contributed by atoms with Gasteiger partial charge in [-0.3, -0.25) is 9.69 Å². The lowest BCUT2D eigenvalue weighted by molar-refractivity contribution is -0.118. The van der Waals surface area contributed by atoms with Gasteiger partial charge in [-0.05, 0) is 37.6 Å². The summed E-state index contributed by atoms with van der Waals surface area (Å²) >= 11 is 0. The Morgan fingerprint density at radius 2 is 2.00 bits per heavy atom. The second-order valence-electron chi connectivity index (χ2n) is 3.25. The summed E-state index contributed by atoms with van der Waals surface area (Å²) in [4.78, 5) is 13.2. The predicted octanol–water partition coefficient (Wildman–Crippen LogP) is 2.42. The van der Waals surface area contributed by atoms with E-state index in [2.05, 4.69) is 0 Å². The molecule has 1 aromatic carbocycles. The third-order valence-corrected chi connectivity index (χ3v) is 2.04. The summed E-state index contributed by atoms with van der Waals surface area (Å²) in [5.74, 6) is -0.930. The van der Waals surface area contributed by atoms with Gasteiger partial charge in [0.15, 0.2) is 0 Å². The van der Waals surface area contributed by atoms with E-state index in [1.807, 2.05) is 0 Å². The maximum Gasteiger partial charge on any atom is 0.231 e. The van der Waals surface area contributed by atoms with Crippen molar-refractivity contribution in [2.45, 2.75) is 19.7 Å². The second-order valence-corrected chi connectivity index (χ2v) is 3.25. The average molecular weight is 207 g/mol. The molecule has 0 saturated heterocycles. The summed E-state index contributed by atoms with van der Waals surface area (Å²) in [6.07, 6.45) is -3.68. The number of nitrogens with zero attached hydrogens (tertiary/aromatic N) is 1. The standard InChI is InChI=1S/C12H13NO2/c1-9-2-7-12(15)13(8-9)10-3-5-11(14)6-4-10/h3-6,8,14H,2,7H2,1H3/i2D2,7D2. The molecule has 0 bridgehead atoms. The molecule has 1 aromatic rings. The molecule has 0 saturated carbocycles. The first-order valence-corrected chi connectivity index (χ1v) is 4.49. The first kappa shape index (κ1) is 5.95. The van der Waals surface area contributed by atoms with Crippen LogP contribution >= 0.6 is 0 Å². The Bertz CT molecular complexity index is 551. The van der Waals surface area contributed by atoms with E-state index in [0.29, 0.717) is 5.69 Å². The van der Waals surface area contributed by atoms with Crippen molar-refractivity contribution in [3.05, 3.63) is 36.0 Å². The number of allylic oxidation sites excluding steroid dienone is 1. The molecule has 0 aromatic heterocycles. The number of aromatic hydroxyl groups is 1. The van der Waals surface area contributed by atoms with E-state index >= 15 is 0 Å². The van der Waals surface area contributed by atoms with Gasteiger partial charge in [-0.1, -0.05) is 5.57 Å². The Morgan fingerprint density at radius 1 is 1.33 bits per heavy atom. The molecular formula is C12H13NO2. The number of carbonyl (C=O) groups is 1. The highest BCUT2D eigenvalue weighted by molar-refractivity contribution is 5.96. The minimum atomic E-state index is -2.64. The van der Waals surface area contributed by atoms with Crippen molar-refractivity contribution in [2.75, 3.05) is 4.90 Å². The minimum absolute atomic E-state index is 0.0345. The van der Waals surface area contributed by atoms with Gasteiger partial charge in [0, 0.05) is 23.7 Å². The molecule has 1 amide bonds. The lowest BCUT2D eigenvalue weighted by Gasteiger charge is -2.23. The number of anilines is 1. The zero-order valence-corrected chi connectivity index (χ0v) is 8.19. The number of hydrogen-bond donors (Lipinski definition) is 1. The largest absolute Gasteiger partial charge is 0.508 e. The lowest BCUT2D eigenvalue weighted by Crippen LogP contribution is -2.28. The minimum Gasteiger partial charge on any atom is -0.508 e. The third-order valence-electron chi connectivity index (χ3n) is 2.04. The molecule has 1 aliphatic heterocycles. The first-order chi connectivity index (χ1) is 8.68. The van der Waals surface area contributed by atoms with Crippen LogP contribution in [-0.2, 0) is 4.79 Å². The highest BCUT2D eigenvalue weighted by Gasteiger charge is 2.17. The smallest absolute Gasteiger partial charge is 0.231 e. The molecule has 0 spiro atoms. The van der Waals surface area contributed by atoms with Gasteiger partial charge in [0.05, 0.1) is 0 Å². The molecule has 0 atom stereocenters. The molecule has 1 N–H and O–H groups in total. The zero-order chi connectivity index (χ0) is 14.4. The fourth-order valence-electron chi connectivity index (χ4n) is 1.30. The van der Waals surface area contributed by atoms with Crippen LogP contribution in [0.1, 0.15) is 25.2 Å². The number of phenols is 1. The zero-order valence-electron chi connectivity index (χ0n) is 12.2. The fraction of sp³-hybridized carbons (Fsp3) is 0.250. The number of benzene rings is 1. The van der Waals surface area contributed by atoms with Crippen LogP contribution in [0.3, 0.4) is 0 Å². The van der Waals surface area contributed by atoms with Crippen molar-refractivity contribution in [1.29, 1.82) is 0 Å². The van der Waals surface area contributed by atoms with Crippen LogP contribution in [0.15, 0.2) is 36.0 Å². The van der Waals surface area contributed by atoms with Crippen LogP contribution in [0.4, 0.5) is 5.69 Å². The molecule has 0 unspecified atom stereocenters. The normalized spacial score (nSPS) is 27.1. The van der Waals surface area contributed by atoms with E-state index in [9.17, 15) is 9.90 Å². The molecule has 1 aliphatic rings. The van der Waals surface area contributed by atoms with Gasteiger partial charge in [-0.15, -0.1) is 0 Å². The van der Waals surface area contributed by atoms with Crippen molar-refractivity contribution in [1.82, 2.24) is 0 Å². The van der Waals surface area contributed by atoms with Crippen LogP contribution in [0.2, 0.25) is 0 Å². The van der Waals surface area contributed by atoms with Crippen LogP contribution in [-0.4, -0.2) is 11.0 Å². The number of phenolic OH excluding ortho intramolecular Hbond substituents is 1. The molecule has 0 radical (unpaired) electrons. The molecular weight excluding hydrogens is 190 g/mol. The van der Waals surface area contributed by atoms with E-state index in [1.54, 1.807) is 0 Å². The number of hydrogen-bond acceptors (Lipinski definition) is 2. The lowest BCUT2D eigenvalue weighted by atomic mass is 10.1. The molecule has 2 rings (SSSR count). The highest BCUT2D eigenvalue weighted by atomic mass is 16.3. The van der Waals surface area contributed by atoms with Crippen molar-refractivity contribution in [2.24, 2.45) is 0 Å². The summed E-state index contributed by atoms with van der Waals surface area (Å²) in [6, 6.07) is 5.69. The summed E-state index contributed by atoms with van der Waals surface area (Å²) in [7, 11) is 0. The van der Waals surface area contributed by atoms with Gasteiger partial charge < -0.3 is 5.11 Å². The predicted molar refractivity (Wildman–Crippen MR) is 58.6 cm³/mol. The molecule has 1 heterocycles. The Morgan fingerprint density at radius 3 is 2.67 bits per heavy atom. The van der Waals surface area contributed by atoms with Gasteiger partial charge in [0.2, 0.25) is 5.91 Å². The van der Waals surface area contributed by atoms with Gasteiger partial charge in [0.25, 0.3) is 0 Å². The van der Waals surface area contributed by atoms with Crippen LogP contribution < -0.4 is 4.90 Å². The molecule has 0 aliphatic carbocycles. The summed E-state index contributed by atoms with van der Waals surface area (Å²) in [6.45, 7) is 1.44. The summed E-state index contributed by atoms with van der Waals surface area (Å²) in [5, 5.41) is 9.21. The maximum absolute atomic E-state index is 12.1. The quantitative estimate of drug-likeness (QED) is 0.768. The SMILES string of the molecule is [2H]C1([2H])C(=O)N(c2ccc(O)cc2)C=C(C)C1([2H])[2H]. The number of amides is 1. The Labute approximate surface area is 94.3 Å². The average Bonchev–Trinajstić information content (AvgIpc) is 2.34. The Kier molecular flexibility index (Phi) is 1.50. The Hall–Kier alpha value is -1.77. The highest BCUT2D eigenvalue weighted by Crippen LogP contribution is 2.24. The summed E-state index contributed by atoms with van der Waals surface area (Å²) < 4.78 is 30.8. The van der Waals surface area contributed by atoms with Crippen LogP contribution in [0.25, 0.3) is 0 Å². The van der Waals surface area contributed by atoms with E-state index in [-0.39, 0.29) is 11.3 Å². The molecule has 3 nitrogen and oxygen atoms in total. The van der Waals surface area contributed by atoms with E-state index in [0.717, 1.165) is 4.90 Å². The molecule has 0 fully saturated rings. The van der Waals surface area contributed by atoms with Gasteiger partial charge in [-0.25, -0.2) is 0 Å². The monoisotopic (exact) mass is 207 g/mol.